The molecule has 1 atom stereocenters. The van der Waals surface area contributed by atoms with Crippen molar-refractivity contribution in [3.8, 4) is 11.5 Å². The first-order chi connectivity index (χ1) is 12.7. The number of benzene rings is 2. The molecule has 0 aromatic heterocycles. The molecule has 1 saturated heterocycles. The SMILES string of the molecule is CN(Cc1ccc2c(c1)OCO2)C(=O)c1ccc([C@@H]2CCCNC2)cc1. The van der Waals surface area contributed by atoms with Crippen LogP contribution in [0.25, 0.3) is 0 Å². The molecule has 2 aromatic rings. The summed E-state index contributed by atoms with van der Waals surface area (Å²) in [6.45, 7) is 2.93. The molecular weight excluding hydrogens is 328 g/mol. The number of carbonyl (C=O) groups is 1. The van der Waals surface area contributed by atoms with Crippen molar-refractivity contribution in [1.29, 1.82) is 0 Å². The first-order valence-corrected chi connectivity index (χ1v) is 9.15. The molecule has 1 fully saturated rings. The predicted molar refractivity (Wildman–Crippen MR) is 99.6 cm³/mol. The first kappa shape index (κ1) is 16.9. The van der Waals surface area contributed by atoms with Gasteiger partial charge in [-0.2, -0.15) is 0 Å². The van der Waals surface area contributed by atoms with Crippen LogP contribution < -0.4 is 14.8 Å². The second-order valence-electron chi connectivity index (χ2n) is 7.01. The number of ether oxygens (including phenoxy) is 2. The van der Waals surface area contributed by atoms with Crippen molar-refractivity contribution in [2.75, 3.05) is 26.9 Å². The topological polar surface area (TPSA) is 50.8 Å². The average molecular weight is 352 g/mol. The van der Waals surface area contributed by atoms with Crippen LogP contribution in [0.5, 0.6) is 11.5 Å². The summed E-state index contributed by atoms with van der Waals surface area (Å²) in [7, 11) is 1.83. The van der Waals surface area contributed by atoms with Gasteiger partial charge in [-0.3, -0.25) is 4.79 Å². The highest BCUT2D eigenvalue weighted by atomic mass is 16.7. The van der Waals surface area contributed by atoms with Gasteiger partial charge in [-0.05, 0) is 60.7 Å². The number of piperidine rings is 1. The normalized spacial score (nSPS) is 18.6. The fraction of sp³-hybridized carbons (Fsp3) is 0.381. The zero-order valence-electron chi connectivity index (χ0n) is 15.0. The largest absolute Gasteiger partial charge is 0.454 e. The van der Waals surface area contributed by atoms with Crippen LogP contribution in [0, 0.1) is 0 Å². The fourth-order valence-electron chi connectivity index (χ4n) is 3.64. The lowest BCUT2D eigenvalue weighted by molar-refractivity contribution is 0.0785. The predicted octanol–water partition coefficient (Wildman–Crippen LogP) is 3.15. The minimum absolute atomic E-state index is 0.0241. The molecule has 0 spiro atoms. The van der Waals surface area contributed by atoms with E-state index in [2.05, 4.69) is 17.4 Å². The van der Waals surface area contributed by atoms with Gasteiger partial charge in [0.25, 0.3) is 5.91 Å². The van der Waals surface area contributed by atoms with Gasteiger partial charge in [0, 0.05) is 25.7 Å². The van der Waals surface area contributed by atoms with Crippen molar-refractivity contribution in [3.63, 3.8) is 0 Å². The van der Waals surface area contributed by atoms with Crippen LogP contribution in [0.4, 0.5) is 0 Å². The number of hydrogen-bond donors (Lipinski definition) is 1. The van der Waals surface area contributed by atoms with Gasteiger partial charge in [0.1, 0.15) is 0 Å². The zero-order chi connectivity index (χ0) is 17.9. The minimum atomic E-state index is 0.0241. The fourth-order valence-corrected chi connectivity index (χ4v) is 3.64. The number of amides is 1. The molecule has 0 saturated carbocycles. The van der Waals surface area contributed by atoms with E-state index in [4.69, 9.17) is 9.47 Å². The standard InChI is InChI=1S/C21H24N2O3/c1-23(13-15-4-9-19-20(11-15)26-14-25-19)21(24)17-7-5-16(6-8-17)18-3-2-10-22-12-18/h4-9,11,18,22H,2-3,10,12-14H2,1H3/t18-/m1/s1. The van der Waals surface area contributed by atoms with Gasteiger partial charge in [0.05, 0.1) is 0 Å². The quantitative estimate of drug-likeness (QED) is 0.918. The number of nitrogens with one attached hydrogen (secondary N) is 1. The average Bonchev–Trinajstić information content (AvgIpc) is 3.16. The summed E-state index contributed by atoms with van der Waals surface area (Å²) in [4.78, 5) is 14.5. The smallest absolute Gasteiger partial charge is 0.253 e. The van der Waals surface area contributed by atoms with Crippen molar-refractivity contribution < 1.29 is 14.3 Å². The summed E-state index contributed by atoms with van der Waals surface area (Å²) >= 11 is 0. The highest BCUT2D eigenvalue weighted by Crippen LogP contribution is 2.32. The molecule has 0 aliphatic carbocycles. The van der Waals surface area contributed by atoms with E-state index in [1.807, 2.05) is 37.4 Å². The van der Waals surface area contributed by atoms with Crippen LogP contribution in [0.3, 0.4) is 0 Å². The van der Waals surface area contributed by atoms with E-state index in [1.54, 1.807) is 4.90 Å². The molecule has 4 rings (SSSR count). The lowest BCUT2D eigenvalue weighted by Crippen LogP contribution is -2.28. The van der Waals surface area contributed by atoms with E-state index >= 15 is 0 Å². The van der Waals surface area contributed by atoms with Gasteiger partial charge in [-0.15, -0.1) is 0 Å². The summed E-state index contributed by atoms with van der Waals surface area (Å²) in [5.41, 5.74) is 3.06. The third-order valence-electron chi connectivity index (χ3n) is 5.13. The van der Waals surface area contributed by atoms with E-state index in [9.17, 15) is 4.79 Å². The Balaban J connectivity index is 1.41. The van der Waals surface area contributed by atoms with Crippen LogP contribution in [0.15, 0.2) is 42.5 Å². The van der Waals surface area contributed by atoms with Crippen molar-refractivity contribution in [3.05, 3.63) is 59.2 Å². The Kier molecular flexibility index (Phi) is 4.80. The molecule has 5 heteroatoms. The Morgan fingerprint density at radius 2 is 1.96 bits per heavy atom. The Labute approximate surface area is 153 Å². The maximum atomic E-state index is 12.7. The maximum Gasteiger partial charge on any atom is 0.253 e. The van der Waals surface area contributed by atoms with Crippen molar-refractivity contribution in [2.45, 2.75) is 25.3 Å². The second-order valence-corrected chi connectivity index (χ2v) is 7.01. The zero-order valence-corrected chi connectivity index (χ0v) is 15.0. The molecule has 2 aromatic carbocycles. The molecule has 1 N–H and O–H groups in total. The summed E-state index contributed by atoms with van der Waals surface area (Å²) in [6, 6.07) is 13.9. The minimum Gasteiger partial charge on any atom is -0.454 e. The van der Waals surface area contributed by atoms with Gasteiger partial charge in [-0.1, -0.05) is 18.2 Å². The summed E-state index contributed by atoms with van der Waals surface area (Å²) in [5, 5.41) is 3.44. The highest BCUT2D eigenvalue weighted by molar-refractivity contribution is 5.94. The molecule has 0 radical (unpaired) electrons. The van der Waals surface area contributed by atoms with Gasteiger partial charge < -0.3 is 19.7 Å². The number of nitrogens with zero attached hydrogens (tertiary/aromatic N) is 1. The van der Waals surface area contributed by atoms with Crippen LogP contribution >= 0.6 is 0 Å². The van der Waals surface area contributed by atoms with Crippen LogP contribution in [0.1, 0.15) is 40.2 Å². The Morgan fingerprint density at radius 3 is 2.73 bits per heavy atom. The molecule has 136 valence electrons. The van der Waals surface area contributed by atoms with Crippen LogP contribution in [0.2, 0.25) is 0 Å². The highest BCUT2D eigenvalue weighted by Gasteiger charge is 2.18. The van der Waals surface area contributed by atoms with Crippen molar-refractivity contribution >= 4 is 5.91 Å². The molecule has 26 heavy (non-hydrogen) atoms. The molecule has 2 aliphatic rings. The van der Waals surface area contributed by atoms with Gasteiger partial charge in [0.15, 0.2) is 11.5 Å². The Hall–Kier alpha value is -2.53. The van der Waals surface area contributed by atoms with Gasteiger partial charge in [0.2, 0.25) is 6.79 Å². The van der Waals surface area contributed by atoms with E-state index in [-0.39, 0.29) is 12.7 Å². The third kappa shape index (κ3) is 3.53. The third-order valence-corrected chi connectivity index (χ3v) is 5.13. The van der Waals surface area contributed by atoms with Gasteiger partial charge in [-0.25, -0.2) is 0 Å². The van der Waals surface area contributed by atoms with E-state index < -0.39 is 0 Å². The van der Waals surface area contributed by atoms with Crippen molar-refractivity contribution in [2.24, 2.45) is 0 Å². The first-order valence-electron chi connectivity index (χ1n) is 9.15. The monoisotopic (exact) mass is 352 g/mol. The van der Waals surface area contributed by atoms with Crippen LogP contribution in [-0.4, -0.2) is 37.7 Å². The van der Waals surface area contributed by atoms with E-state index in [1.165, 1.54) is 18.4 Å². The summed E-state index contributed by atoms with van der Waals surface area (Å²) in [6.07, 6.45) is 2.42. The Bertz CT molecular complexity index is 782. The summed E-state index contributed by atoms with van der Waals surface area (Å²) < 4.78 is 10.7. The van der Waals surface area contributed by atoms with E-state index in [0.717, 1.165) is 35.7 Å². The van der Waals surface area contributed by atoms with Crippen LogP contribution in [-0.2, 0) is 6.54 Å². The molecule has 1 amide bonds. The molecule has 2 aliphatic heterocycles. The number of rotatable bonds is 4. The second kappa shape index (κ2) is 7.38. The summed E-state index contributed by atoms with van der Waals surface area (Å²) in [5.74, 6) is 2.08. The molecule has 0 bridgehead atoms. The lowest BCUT2D eigenvalue weighted by atomic mass is 9.91. The van der Waals surface area contributed by atoms with Gasteiger partial charge >= 0.3 is 0 Å². The Morgan fingerprint density at radius 1 is 1.15 bits per heavy atom. The lowest BCUT2D eigenvalue weighted by Gasteiger charge is -2.23. The number of hydrogen-bond acceptors (Lipinski definition) is 4. The molecule has 2 heterocycles. The maximum absolute atomic E-state index is 12.7. The van der Waals surface area contributed by atoms with Crippen molar-refractivity contribution in [1.82, 2.24) is 10.2 Å². The number of carbonyl (C=O) groups excluding carboxylic acids is 1. The number of fused-ring (bicyclic) bond motifs is 1. The molecule has 5 nitrogen and oxygen atoms in total. The van der Waals surface area contributed by atoms with E-state index in [0.29, 0.717) is 12.5 Å². The molecule has 0 unspecified atom stereocenters. The molecular formula is C21H24N2O3.